The molecule has 0 rings (SSSR count). The maximum Gasteiger partial charge on any atom is 0.327 e. The Bertz CT molecular complexity index is 284. The van der Waals surface area contributed by atoms with Crippen molar-refractivity contribution in [3.63, 3.8) is 0 Å². The van der Waals surface area contributed by atoms with Gasteiger partial charge < -0.3 is 21.3 Å². The summed E-state index contributed by atoms with van der Waals surface area (Å²) in [5.74, 6) is -2.43. The number of aliphatic carboxylic acids is 1. The molecule has 0 aliphatic rings. The lowest BCUT2D eigenvalue weighted by molar-refractivity contribution is -0.140. The van der Waals surface area contributed by atoms with Gasteiger partial charge in [-0.05, 0) is 0 Å². The number of rotatable bonds is 7. The fourth-order valence-electron chi connectivity index (χ4n) is 0.800. The Morgan fingerprint density at radius 2 is 1.94 bits per heavy atom. The Kier molecular flexibility index (Phi) is 6.50. The minimum atomic E-state index is -1.31. The van der Waals surface area contributed by atoms with Gasteiger partial charge in [0.25, 0.3) is 0 Å². The number of nitrogens with two attached hydrogens (primary N) is 1. The Labute approximate surface area is 96.4 Å². The Balaban J connectivity index is 3.99. The van der Waals surface area contributed by atoms with Crippen LogP contribution in [0.15, 0.2) is 0 Å². The fraction of sp³-hybridized carbons (Fsp3) is 0.625. The van der Waals surface area contributed by atoms with Crippen LogP contribution in [0.25, 0.3) is 0 Å². The number of carboxylic acids is 1. The Hall–Kier alpha value is -1.28. The topological polar surface area (TPSA) is 130 Å². The van der Waals surface area contributed by atoms with Crippen molar-refractivity contribution in [2.24, 2.45) is 5.73 Å². The maximum atomic E-state index is 10.7. The zero-order valence-electron chi connectivity index (χ0n) is 8.67. The van der Waals surface area contributed by atoms with Crippen LogP contribution in [-0.4, -0.2) is 51.6 Å². The van der Waals surface area contributed by atoms with Gasteiger partial charge in [0.1, 0.15) is 12.1 Å². The van der Waals surface area contributed by atoms with E-state index in [9.17, 15) is 14.4 Å². The van der Waals surface area contributed by atoms with Crippen LogP contribution in [0, 0.1) is 0 Å². The molecule has 0 fully saturated rings. The Morgan fingerprint density at radius 3 is 2.31 bits per heavy atom. The standard InChI is InChI=1S/C8H14N2O5S/c1-4(11)10-5(8(14)15)2-16-3-6(12)7(9)13/h5-6,12H,2-3H2,1H3,(H2,9,13)(H,10,11)(H,14,15)/t5-,6+/m0/s1. The second kappa shape index (κ2) is 7.07. The number of hydrogen-bond donors (Lipinski definition) is 4. The number of primary amides is 1. The molecule has 0 bridgehead atoms. The molecule has 0 saturated carbocycles. The van der Waals surface area contributed by atoms with Gasteiger partial charge in [-0.15, -0.1) is 0 Å². The molecule has 0 saturated heterocycles. The van der Waals surface area contributed by atoms with Crippen LogP contribution < -0.4 is 11.1 Å². The average molecular weight is 250 g/mol. The molecule has 2 atom stereocenters. The van der Waals surface area contributed by atoms with Gasteiger partial charge in [0.15, 0.2) is 0 Å². The number of carbonyl (C=O) groups is 3. The van der Waals surface area contributed by atoms with Crippen molar-refractivity contribution in [1.82, 2.24) is 5.32 Å². The molecule has 5 N–H and O–H groups in total. The van der Waals surface area contributed by atoms with Crippen LogP contribution in [0.1, 0.15) is 6.92 Å². The van der Waals surface area contributed by atoms with Crippen molar-refractivity contribution in [1.29, 1.82) is 0 Å². The molecule has 0 spiro atoms. The van der Waals surface area contributed by atoms with Gasteiger partial charge in [-0.3, -0.25) is 9.59 Å². The van der Waals surface area contributed by atoms with E-state index >= 15 is 0 Å². The second-order valence-electron chi connectivity index (χ2n) is 3.05. The third-order valence-corrected chi connectivity index (χ3v) is 2.68. The quantitative estimate of drug-likeness (QED) is 0.420. The van der Waals surface area contributed by atoms with Crippen molar-refractivity contribution in [3.05, 3.63) is 0 Å². The molecule has 0 aromatic rings. The molecule has 8 heteroatoms. The summed E-state index contributed by atoms with van der Waals surface area (Å²) in [5, 5.41) is 20.0. The molecule has 92 valence electrons. The monoisotopic (exact) mass is 250 g/mol. The van der Waals surface area contributed by atoms with E-state index < -0.39 is 29.9 Å². The molecular formula is C8H14N2O5S. The van der Waals surface area contributed by atoms with Crippen molar-refractivity contribution in [2.45, 2.75) is 19.1 Å². The van der Waals surface area contributed by atoms with Crippen LogP contribution >= 0.6 is 11.8 Å². The summed E-state index contributed by atoms with van der Waals surface area (Å²) in [6, 6.07) is -1.04. The van der Waals surface area contributed by atoms with E-state index in [1.54, 1.807) is 0 Å². The van der Waals surface area contributed by atoms with Gasteiger partial charge in [0.05, 0.1) is 0 Å². The van der Waals surface area contributed by atoms with Gasteiger partial charge in [-0.25, -0.2) is 4.79 Å². The first-order valence-electron chi connectivity index (χ1n) is 4.39. The molecular weight excluding hydrogens is 236 g/mol. The van der Waals surface area contributed by atoms with Crippen molar-refractivity contribution >= 4 is 29.5 Å². The molecule has 16 heavy (non-hydrogen) atoms. The smallest absolute Gasteiger partial charge is 0.327 e. The zero-order chi connectivity index (χ0) is 12.7. The molecule has 7 nitrogen and oxygen atoms in total. The van der Waals surface area contributed by atoms with E-state index in [2.05, 4.69) is 5.32 Å². The molecule has 0 aliphatic heterocycles. The van der Waals surface area contributed by atoms with Crippen LogP contribution in [-0.2, 0) is 14.4 Å². The number of nitrogens with one attached hydrogen (secondary N) is 1. The van der Waals surface area contributed by atoms with Crippen molar-refractivity contribution in [2.75, 3.05) is 11.5 Å². The number of hydrogen-bond acceptors (Lipinski definition) is 5. The number of aliphatic hydroxyl groups is 1. The highest BCUT2D eigenvalue weighted by molar-refractivity contribution is 7.99. The average Bonchev–Trinajstić information content (AvgIpc) is 2.14. The van der Waals surface area contributed by atoms with E-state index in [1.165, 1.54) is 6.92 Å². The molecule has 0 aromatic carbocycles. The third-order valence-electron chi connectivity index (χ3n) is 1.56. The summed E-state index contributed by atoms with van der Waals surface area (Å²) < 4.78 is 0. The van der Waals surface area contributed by atoms with Crippen LogP contribution in [0.5, 0.6) is 0 Å². The van der Waals surface area contributed by atoms with Gasteiger partial charge >= 0.3 is 5.97 Å². The summed E-state index contributed by atoms with van der Waals surface area (Å²) in [7, 11) is 0. The predicted molar refractivity (Wildman–Crippen MR) is 57.8 cm³/mol. The maximum absolute atomic E-state index is 10.7. The van der Waals surface area contributed by atoms with Gasteiger partial charge in [0.2, 0.25) is 11.8 Å². The summed E-state index contributed by atoms with van der Waals surface area (Å²) in [4.78, 5) is 31.8. The SMILES string of the molecule is CC(=O)N[C@@H](CSC[C@@H](O)C(N)=O)C(=O)O. The summed E-state index contributed by atoms with van der Waals surface area (Å²) in [6.07, 6.45) is -1.31. The first kappa shape index (κ1) is 14.7. The lowest BCUT2D eigenvalue weighted by Gasteiger charge is -2.13. The largest absolute Gasteiger partial charge is 0.480 e. The number of aliphatic hydroxyl groups excluding tert-OH is 1. The number of carboxylic acid groups (broad SMARTS) is 1. The zero-order valence-corrected chi connectivity index (χ0v) is 9.49. The van der Waals surface area contributed by atoms with Crippen LogP contribution in [0.3, 0.4) is 0 Å². The summed E-state index contributed by atoms with van der Waals surface area (Å²) in [5.41, 5.74) is 4.81. The lowest BCUT2D eigenvalue weighted by atomic mass is 10.3. The summed E-state index contributed by atoms with van der Waals surface area (Å²) in [6.45, 7) is 1.21. The van der Waals surface area contributed by atoms with Gasteiger partial charge in [-0.1, -0.05) is 0 Å². The van der Waals surface area contributed by atoms with E-state index in [1.807, 2.05) is 0 Å². The fourth-order valence-corrected chi connectivity index (χ4v) is 1.78. The predicted octanol–water partition coefficient (Wildman–Crippen LogP) is -1.84. The molecule has 0 heterocycles. The highest BCUT2D eigenvalue weighted by Crippen LogP contribution is 2.05. The Morgan fingerprint density at radius 1 is 1.38 bits per heavy atom. The highest BCUT2D eigenvalue weighted by Gasteiger charge is 2.19. The van der Waals surface area contributed by atoms with E-state index in [0.29, 0.717) is 0 Å². The molecule has 0 radical (unpaired) electrons. The molecule has 0 aliphatic carbocycles. The van der Waals surface area contributed by atoms with Crippen molar-refractivity contribution < 1.29 is 24.6 Å². The van der Waals surface area contributed by atoms with Crippen molar-refractivity contribution in [3.8, 4) is 0 Å². The third kappa shape index (κ3) is 6.25. The van der Waals surface area contributed by atoms with Crippen LogP contribution in [0.4, 0.5) is 0 Å². The second-order valence-corrected chi connectivity index (χ2v) is 4.12. The molecule has 0 unspecified atom stereocenters. The minimum Gasteiger partial charge on any atom is -0.480 e. The first-order valence-corrected chi connectivity index (χ1v) is 5.55. The molecule has 0 aromatic heterocycles. The van der Waals surface area contributed by atoms with E-state index in [-0.39, 0.29) is 11.5 Å². The number of carbonyl (C=O) groups excluding carboxylic acids is 2. The minimum absolute atomic E-state index is 0.00129. The highest BCUT2D eigenvalue weighted by atomic mass is 32.2. The van der Waals surface area contributed by atoms with E-state index in [4.69, 9.17) is 15.9 Å². The number of thioether (sulfide) groups is 1. The first-order chi connectivity index (χ1) is 7.34. The van der Waals surface area contributed by atoms with Gasteiger partial charge in [0, 0.05) is 18.4 Å². The van der Waals surface area contributed by atoms with Crippen LogP contribution in [0.2, 0.25) is 0 Å². The lowest BCUT2D eigenvalue weighted by Crippen LogP contribution is -2.42. The summed E-state index contributed by atoms with van der Waals surface area (Å²) >= 11 is 1.02. The molecule has 2 amide bonds. The number of amides is 2. The van der Waals surface area contributed by atoms with E-state index in [0.717, 1.165) is 11.8 Å². The van der Waals surface area contributed by atoms with Gasteiger partial charge in [-0.2, -0.15) is 11.8 Å². The normalized spacial score (nSPS) is 13.9.